The fourth-order valence-corrected chi connectivity index (χ4v) is 1.86. The number of benzene rings is 1. The van der Waals surface area contributed by atoms with Gasteiger partial charge in [0.2, 0.25) is 0 Å². The third-order valence-electron chi connectivity index (χ3n) is 3.02. The first-order chi connectivity index (χ1) is 10.2. The quantitative estimate of drug-likeness (QED) is 0.785. The van der Waals surface area contributed by atoms with Crippen molar-refractivity contribution in [3.63, 3.8) is 0 Å². The summed E-state index contributed by atoms with van der Waals surface area (Å²) < 4.78 is 12.2. The predicted molar refractivity (Wildman–Crippen MR) is 80.6 cm³/mol. The van der Waals surface area contributed by atoms with Crippen LogP contribution in [0.4, 0.5) is 5.82 Å². The van der Waals surface area contributed by atoms with Crippen LogP contribution in [0.25, 0.3) is 0 Å². The SMILES string of the molecule is COc1ccc(OCCCCn2ccc(N)nc2=O)cc1. The van der Waals surface area contributed by atoms with Gasteiger partial charge >= 0.3 is 5.69 Å². The van der Waals surface area contributed by atoms with Gasteiger partial charge in [0.1, 0.15) is 17.3 Å². The number of methoxy groups -OCH3 is 1. The van der Waals surface area contributed by atoms with Crippen molar-refractivity contribution >= 4 is 5.82 Å². The number of ether oxygens (including phenoxy) is 2. The molecule has 1 aromatic carbocycles. The van der Waals surface area contributed by atoms with Crippen molar-refractivity contribution in [2.24, 2.45) is 0 Å². The van der Waals surface area contributed by atoms with E-state index in [4.69, 9.17) is 15.2 Å². The summed E-state index contributed by atoms with van der Waals surface area (Å²) in [6.07, 6.45) is 3.35. The van der Waals surface area contributed by atoms with Crippen molar-refractivity contribution in [3.8, 4) is 11.5 Å². The molecule has 0 unspecified atom stereocenters. The lowest BCUT2D eigenvalue weighted by Crippen LogP contribution is -2.23. The molecule has 2 rings (SSSR count). The molecule has 0 aliphatic rings. The molecule has 0 spiro atoms. The third kappa shape index (κ3) is 4.52. The van der Waals surface area contributed by atoms with E-state index in [2.05, 4.69) is 4.98 Å². The molecule has 0 fully saturated rings. The van der Waals surface area contributed by atoms with E-state index in [1.807, 2.05) is 24.3 Å². The van der Waals surface area contributed by atoms with Gasteiger partial charge in [0.05, 0.1) is 13.7 Å². The number of anilines is 1. The van der Waals surface area contributed by atoms with Crippen LogP contribution in [0.3, 0.4) is 0 Å². The monoisotopic (exact) mass is 289 g/mol. The molecular weight excluding hydrogens is 270 g/mol. The van der Waals surface area contributed by atoms with Crippen LogP contribution in [-0.4, -0.2) is 23.3 Å². The third-order valence-corrected chi connectivity index (χ3v) is 3.02. The molecule has 0 aliphatic carbocycles. The van der Waals surface area contributed by atoms with Crippen molar-refractivity contribution in [1.29, 1.82) is 0 Å². The second-order valence-corrected chi connectivity index (χ2v) is 4.56. The van der Waals surface area contributed by atoms with Gasteiger partial charge < -0.3 is 15.2 Å². The molecule has 6 nitrogen and oxygen atoms in total. The minimum absolute atomic E-state index is 0.249. The van der Waals surface area contributed by atoms with E-state index in [0.29, 0.717) is 13.2 Å². The Morgan fingerprint density at radius 2 is 1.86 bits per heavy atom. The minimum atomic E-state index is -0.314. The van der Waals surface area contributed by atoms with E-state index in [0.717, 1.165) is 24.3 Å². The smallest absolute Gasteiger partial charge is 0.349 e. The fourth-order valence-electron chi connectivity index (χ4n) is 1.86. The molecule has 0 saturated carbocycles. The van der Waals surface area contributed by atoms with Gasteiger partial charge in [-0.1, -0.05) is 0 Å². The van der Waals surface area contributed by atoms with Gasteiger partial charge in [0.15, 0.2) is 0 Å². The number of aromatic nitrogens is 2. The Kier molecular flexibility index (Phi) is 5.20. The zero-order valence-electron chi connectivity index (χ0n) is 12.0. The van der Waals surface area contributed by atoms with Gasteiger partial charge in [-0.2, -0.15) is 4.98 Å². The number of hydrogen-bond donors (Lipinski definition) is 1. The first kappa shape index (κ1) is 14.9. The normalized spacial score (nSPS) is 10.3. The molecule has 2 N–H and O–H groups in total. The molecule has 21 heavy (non-hydrogen) atoms. The van der Waals surface area contributed by atoms with Gasteiger partial charge in [0.25, 0.3) is 0 Å². The van der Waals surface area contributed by atoms with Gasteiger partial charge in [0, 0.05) is 12.7 Å². The average Bonchev–Trinajstić information content (AvgIpc) is 2.49. The Morgan fingerprint density at radius 3 is 2.52 bits per heavy atom. The molecule has 112 valence electrons. The van der Waals surface area contributed by atoms with Crippen LogP contribution in [0.15, 0.2) is 41.3 Å². The summed E-state index contributed by atoms with van der Waals surface area (Å²) in [5.74, 6) is 1.86. The second-order valence-electron chi connectivity index (χ2n) is 4.56. The number of unbranched alkanes of at least 4 members (excludes halogenated alkanes) is 1. The Balaban J connectivity index is 1.71. The van der Waals surface area contributed by atoms with E-state index >= 15 is 0 Å². The lowest BCUT2D eigenvalue weighted by molar-refractivity contribution is 0.302. The molecule has 0 bridgehead atoms. The first-order valence-corrected chi connectivity index (χ1v) is 6.79. The molecule has 1 heterocycles. The fraction of sp³-hybridized carbons (Fsp3) is 0.333. The molecule has 0 aliphatic heterocycles. The van der Waals surface area contributed by atoms with Crippen molar-refractivity contribution in [1.82, 2.24) is 9.55 Å². The molecule has 0 saturated heterocycles. The highest BCUT2D eigenvalue weighted by molar-refractivity contribution is 5.31. The standard InChI is InChI=1S/C15H19N3O3/c1-20-12-4-6-13(7-5-12)21-11-3-2-9-18-10-8-14(16)17-15(18)19/h4-8,10H,2-3,9,11H2,1H3,(H2,16,17,19). The number of aryl methyl sites for hydroxylation is 1. The van der Waals surface area contributed by atoms with E-state index in [-0.39, 0.29) is 11.5 Å². The van der Waals surface area contributed by atoms with Crippen LogP contribution in [0.5, 0.6) is 11.5 Å². The van der Waals surface area contributed by atoms with Crippen LogP contribution in [0.1, 0.15) is 12.8 Å². The van der Waals surface area contributed by atoms with Gasteiger partial charge in [-0.3, -0.25) is 4.57 Å². The lowest BCUT2D eigenvalue weighted by atomic mass is 10.3. The molecular formula is C15H19N3O3. The highest BCUT2D eigenvalue weighted by atomic mass is 16.5. The number of nitrogens with two attached hydrogens (primary N) is 1. The summed E-state index contributed by atoms with van der Waals surface area (Å²) >= 11 is 0. The minimum Gasteiger partial charge on any atom is -0.497 e. The molecule has 0 amide bonds. The van der Waals surface area contributed by atoms with E-state index in [9.17, 15) is 4.79 Å². The Morgan fingerprint density at radius 1 is 1.14 bits per heavy atom. The van der Waals surface area contributed by atoms with Crippen molar-refractivity contribution in [2.75, 3.05) is 19.5 Å². The maximum absolute atomic E-state index is 11.5. The summed E-state index contributed by atoms with van der Waals surface area (Å²) in [5.41, 5.74) is 5.12. The number of rotatable bonds is 7. The summed E-state index contributed by atoms with van der Waals surface area (Å²) in [5, 5.41) is 0. The molecule has 1 aromatic heterocycles. The van der Waals surface area contributed by atoms with Crippen molar-refractivity contribution < 1.29 is 9.47 Å². The van der Waals surface area contributed by atoms with E-state index in [1.54, 1.807) is 23.9 Å². The summed E-state index contributed by atoms with van der Waals surface area (Å²) in [7, 11) is 1.63. The van der Waals surface area contributed by atoms with Crippen LogP contribution >= 0.6 is 0 Å². The van der Waals surface area contributed by atoms with Gasteiger partial charge in [-0.25, -0.2) is 4.79 Å². The molecule has 0 radical (unpaired) electrons. The van der Waals surface area contributed by atoms with Crippen LogP contribution in [0.2, 0.25) is 0 Å². The van der Waals surface area contributed by atoms with Gasteiger partial charge in [-0.05, 0) is 43.2 Å². The van der Waals surface area contributed by atoms with E-state index < -0.39 is 0 Å². The predicted octanol–water partition coefficient (Wildman–Crippen LogP) is 1.69. The van der Waals surface area contributed by atoms with Crippen LogP contribution in [0, 0.1) is 0 Å². The first-order valence-electron chi connectivity index (χ1n) is 6.79. The largest absolute Gasteiger partial charge is 0.497 e. The maximum atomic E-state index is 11.5. The summed E-state index contributed by atoms with van der Waals surface area (Å²) in [6, 6.07) is 9.07. The molecule has 6 heteroatoms. The number of nitrogens with zero attached hydrogens (tertiary/aromatic N) is 2. The van der Waals surface area contributed by atoms with Gasteiger partial charge in [-0.15, -0.1) is 0 Å². The van der Waals surface area contributed by atoms with Crippen molar-refractivity contribution in [3.05, 3.63) is 47.0 Å². The highest BCUT2D eigenvalue weighted by Crippen LogP contribution is 2.17. The lowest BCUT2D eigenvalue weighted by Gasteiger charge is -2.08. The molecule has 2 aromatic rings. The maximum Gasteiger partial charge on any atom is 0.349 e. The highest BCUT2D eigenvalue weighted by Gasteiger charge is 1.99. The Labute approximate surface area is 123 Å². The zero-order valence-corrected chi connectivity index (χ0v) is 12.0. The number of nitrogen functional groups attached to an aromatic ring is 1. The van der Waals surface area contributed by atoms with Crippen LogP contribution in [-0.2, 0) is 6.54 Å². The van der Waals surface area contributed by atoms with E-state index in [1.165, 1.54) is 0 Å². The van der Waals surface area contributed by atoms with Crippen molar-refractivity contribution in [2.45, 2.75) is 19.4 Å². The summed E-state index contributed by atoms with van der Waals surface area (Å²) in [6.45, 7) is 1.21. The average molecular weight is 289 g/mol. The second kappa shape index (κ2) is 7.33. The zero-order chi connectivity index (χ0) is 15.1. The summed E-state index contributed by atoms with van der Waals surface area (Å²) in [4.78, 5) is 15.2. The number of hydrogen-bond acceptors (Lipinski definition) is 5. The topological polar surface area (TPSA) is 79.4 Å². The molecule has 0 atom stereocenters. The Hall–Kier alpha value is -2.50. The Bertz CT molecular complexity index is 623. The van der Waals surface area contributed by atoms with Crippen LogP contribution < -0.4 is 20.9 Å².